The molecule has 0 unspecified atom stereocenters. The second kappa shape index (κ2) is 6.83. The van der Waals surface area contributed by atoms with Gasteiger partial charge >= 0.3 is 0 Å². The number of nitrogens with one attached hydrogen (secondary N) is 1. The molecule has 1 aliphatic carbocycles. The highest BCUT2D eigenvalue weighted by atomic mass is 35.5. The summed E-state index contributed by atoms with van der Waals surface area (Å²) >= 11 is 6.06. The maximum Gasteiger partial charge on any atom is 0.255 e. The van der Waals surface area contributed by atoms with Crippen LogP contribution >= 0.6 is 11.6 Å². The zero-order valence-electron chi connectivity index (χ0n) is 13.6. The predicted octanol–water partition coefficient (Wildman–Crippen LogP) is 3.41. The summed E-state index contributed by atoms with van der Waals surface area (Å²) in [5.41, 5.74) is 8.00. The summed E-state index contributed by atoms with van der Waals surface area (Å²) < 4.78 is 5.58. The van der Waals surface area contributed by atoms with E-state index < -0.39 is 0 Å². The minimum atomic E-state index is -0.282. The SMILES string of the molecule is Cc1ccccc1C1(NC(=O)c2cc(Cl)ccc2OCCN)CC1. The van der Waals surface area contributed by atoms with Crippen molar-refractivity contribution in [1.29, 1.82) is 0 Å². The standard InChI is InChI=1S/C19H21ClN2O2/c1-13-4-2-3-5-16(13)19(8-9-19)22-18(23)15-12-14(20)6-7-17(15)24-11-10-21/h2-7,12H,8-11,21H2,1H3,(H,22,23). The van der Waals surface area contributed by atoms with Crippen LogP contribution in [-0.2, 0) is 5.54 Å². The molecule has 1 fully saturated rings. The normalized spacial score (nSPS) is 15.0. The van der Waals surface area contributed by atoms with Gasteiger partial charge < -0.3 is 15.8 Å². The molecule has 4 nitrogen and oxygen atoms in total. The van der Waals surface area contributed by atoms with Gasteiger partial charge in [-0.2, -0.15) is 0 Å². The summed E-state index contributed by atoms with van der Waals surface area (Å²) in [5.74, 6) is 0.327. The number of halogens is 1. The van der Waals surface area contributed by atoms with Gasteiger partial charge in [0.15, 0.2) is 0 Å². The van der Waals surface area contributed by atoms with Gasteiger partial charge in [-0.15, -0.1) is 0 Å². The van der Waals surface area contributed by atoms with Crippen molar-refractivity contribution in [1.82, 2.24) is 5.32 Å². The quantitative estimate of drug-likeness (QED) is 0.844. The first-order valence-corrected chi connectivity index (χ1v) is 8.44. The number of aryl methyl sites for hydroxylation is 1. The fraction of sp³-hybridized carbons (Fsp3) is 0.316. The van der Waals surface area contributed by atoms with Crippen LogP contribution in [0.5, 0.6) is 5.75 Å². The van der Waals surface area contributed by atoms with E-state index in [0.717, 1.165) is 12.8 Å². The molecule has 126 valence electrons. The Morgan fingerprint density at radius 3 is 2.71 bits per heavy atom. The Labute approximate surface area is 147 Å². The molecule has 3 rings (SSSR count). The van der Waals surface area contributed by atoms with E-state index in [-0.39, 0.29) is 11.4 Å². The molecule has 0 saturated heterocycles. The van der Waals surface area contributed by atoms with Crippen LogP contribution in [0.3, 0.4) is 0 Å². The van der Waals surface area contributed by atoms with Gasteiger partial charge in [0.1, 0.15) is 12.4 Å². The van der Waals surface area contributed by atoms with Gasteiger partial charge in [-0.05, 0) is 49.1 Å². The van der Waals surface area contributed by atoms with Gasteiger partial charge in [-0.3, -0.25) is 4.79 Å². The minimum Gasteiger partial charge on any atom is -0.491 e. The van der Waals surface area contributed by atoms with Gasteiger partial charge in [-0.1, -0.05) is 35.9 Å². The molecule has 1 aliphatic rings. The second-order valence-corrected chi connectivity index (χ2v) is 6.57. The third-order valence-electron chi connectivity index (χ3n) is 4.33. The fourth-order valence-electron chi connectivity index (χ4n) is 2.96. The molecule has 1 saturated carbocycles. The maximum absolute atomic E-state index is 12.8. The van der Waals surface area contributed by atoms with Crippen molar-refractivity contribution in [3.63, 3.8) is 0 Å². The zero-order chi connectivity index (χ0) is 17.2. The number of rotatable bonds is 6. The molecule has 0 aliphatic heterocycles. The Hall–Kier alpha value is -2.04. The number of hydrogen-bond acceptors (Lipinski definition) is 3. The summed E-state index contributed by atoms with van der Waals surface area (Å²) in [6, 6.07) is 13.2. The molecule has 5 heteroatoms. The summed E-state index contributed by atoms with van der Waals surface area (Å²) in [5, 5.41) is 3.68. The Morgan fingerprint density at radius 1 is 1.29 bits per heavy atom. The van der Waals surface area contributed by atoms with E-state index in [4.69, 9.17) is 22.1 Å². The van der Waals surface area contributed by atoms with E-state index in [1.165, 1.54) is 11.1 Å². The molecule has 0 bridgehead atoms. The van der Waals surface area contributed by atoms with E-state index in [0.29, 0.717) is 29.5 Å². The van der Waals surface area contributed by atoms with E-state index in [1.54, 1.807) is 18.2 Å². The summed E-state index contributed by atoms with van der Waals surface area (Å²) in [6.07, 6.45) is 1.87. The lowest BCUT2D eigenvalue weighted by molar-refractivity contribution is 0.0926. The fourth-order valence-corrected chi connectivity index (χ4v) is 3.13. The second-order valence-electron chi connectivity index (χ2n) is 6.13. The lowest BCUT2D eigenvalue weighted by atomic mass is 9.99. The van der Waals surface area contributed by atoms with Crippen LogP contribution in [0.4, 0.5) is 0 Å². The van der Waals surface area contributed by atoms with E-state index >= 15 is 0 Å². The first-order valence-electron chi connectivity index (χ1n) is 8.07. The van der Waals surface area contributed by atoms with Crippen molar-refractivity contribution < 1.29 is 9.53 Å². The Kier molecular flexibility index (Phi) is 4.78. The number of amides is 1. The molecular weight excluding hydrogens is 324 g/mol. The zero-order valence-corrected chi connectivity index (χ0v) is 14.4. The number of ether oxygens (including phenoxy) is 1. The number of benzene rings is 2. The van der Waals surface area contributed by atoms with Crippen molar-refractivity contribution in [2.24, 2.45) is 5.73 Å². The lowest BCUT2D eigenvalue weighted by Gasteiger charge is -2.21. The third kappa shape index (κ3) is 3.40. The van der Waals surface area contributed by atoms with E-state index in [1.807, 2.05) is 12.1 Å². The van der Waals surface area contributed by atoms with Crippen LogP contribution in [-0.4, -0.2) is 19.1 Å². The average molecular weight is 345 g/mol. The van der Waals surface area contributed by atoms with Crippen molar-refractivity contribution in [3.8, 4) is 5.75 Å². The van der Waals surface area contributed by atoms with Gasteiger partial charge in [0.25, 0.3) is 5.91 Å². The average Bonchev–Trinajstić information content (AvgIpc) is 3.34. The van der Waals surface area contributed by atoms with Gasteiger partial charge in [0.05, 0.1) is 11.1 Å². The Morgan fingerprint density at radius 2 is 2.04 bits per heavy atom. The first kappa shape index (κ1) is 16.8. The third-order valence-corrected chi connectivity index (χ3v) is 4.56. The topological polar surface area (TPSA) is 64.3 Å². The molecular formula is C19H21ClN2O2. The Balaban J connectivity index is 1.85. The largest absolute Gasteiger partial charge is 0.491 e. The highest BCUT2D eigenvalue weighted by molar-refractivity contribution is 6.31. The van der Waals surface area contributed by atoms with Crippen LogP contribution in [0.2, 0.25) is 5.02 Å². The first-order chi connectivity index (χ1) is 11.6. The minimum absolute atomic E-state index is 0.176. The van der Waals surface area contributed by atoms with Crippen molar-refractivity contribution in [2.45, 2.75) is 25.3 Å². The van der Waals surface area contributed by atoms with Crippen LogP contribution in [0, 0.1) is 6.92 Å². The molecule has 2 aromatic rings. The van der Waals surface area contributed by atoms with Gasteiger partial charge in [-0.25, -0.2) is 0 Å². The number of hydrogen-bond donors (Lipinski definition) is 2. The molecule has 2 aromatic carbocycles. The Bertz CT molecular complexity index is 757. The summed E-state index contributed by atoms with van der Waals surface area (Å²) in [6.45, 7) is 2.80. The van der Waals surface area contributed by atoms with Crippen LogP contribution in [0.25, 0.3) is 0 Å². The van der Waals surface area contributed by atoms with Gasteiger partial charge in [0.2, 0.25) is 0 Å². The number of carbonyl (C=O) groups excluding carboxylic acids is 1. The highest BCUT2D eigenvalue weighted by Gasteiger charge is 2.46. The molecule has 24 heavy (non-hydrogen) atoms. The number of carbonyl (C=O) groups is 1. The number of nitrogens with two attached hydrogens (primary N) is 1. The van der Waals surface area contributed by atoms with Gasteiger partial charge in [0, 0.05) is 11.6 Å². The summed E-state index contributed by atoms with van der Waals surface area (Å²) in [4.78, 5) is 12.8. The highest BCUT2D eigenvalue weighted by Crippen LogP contribution is 2.47. The van der Waals surface area contributed by atoms with Crippen molar-refractivity contribution in [3.05, 3.63) is 64.2 Å². The molecule has 3 N–H and O–H groups in total. The molecule has 0 heterocycles. The van der Waals surface area contributed by atoms with Crippen LogP contribution < -0.4 is 15.8 Å². The van der Waals surface area contributed by atoms with Crippen LogP contribution in [0.15, 0.2) is 42.5 Å². The van der Waals surface area contributed by atoms with Crippen molar-refractivity contribution >= 4 is 17.5 Å². The molecule has 0 atom stereocenters. The van der Waals surface area contributed by atoms with Crippen LogP contribution in [0.1, 0.15) is 34.3 Å². The molecule has 1 amide bonds. The lowest BCUT2D eigenvalue weighted by Crippen LogP contribution is -2.35. The molecule has 0 aromatic heterocycles. The van der Waals surface area contributed by atoms with Crippen molar-refractivity contribution in [2.75, 3.05) is 13.2 Å². The maximum atomic E-state index is 12.8. The van der Waals surface area contributed by atoms with E-state index in [2.05, 4.69) is 24.4 Å². The smallest absolute Gasteiger partial charge is 0.255 e. The predicted molar refractivity (Wildman–Crippen MR) is 95.6 cm³/mol. The van der Waals surface area contributed by atoms with E-state index in [9.17, 15) is 4.79 Å². The summed E-state index contributed by atoms with van der Waals surface area (Å²) in [7, 11) is 0. The molecule has 0 radical (unpaired) electrons. The molecule has 0 spiro atoms. The monoisotopic (exact) mass is 344 g/mol.